The molecule has 2 rings (SSSR count). The van der Waals surface area contributed by atoms with E-state index >= 15 is 0 Å². The second-order valence-electron chi connectivity index (χ2n) is 4.89. The van der Waals surface area contributed by atoms with Gasteiger partial charge in [0.05, 0.1) is 13.2 Å². The van der Waals surface area contributed by atoms with E-state index in [1.54, 1.807) is 13.2 Å². The van der Waals surface area contributed by atoms with E-state index in [0.717, 1.165) is 21.3 Å². The van der Waals surface area contributed by atoms with Gasteiger partial charge in [0.2, 0.25) is 0 Å². The number of hydrazine groups is 1. The summed E-state index contributed by atoms with van der Waals surface area (Å²) in [6.07, 6.45) is 0.460. The zero-order valence-electron chi connectivity index (χ0n) is 12.0. The maximum absolute atomic E-state index is 13.9. The van der Waals surface area contributed by atoms with E-state index in [4.69, 9.17) is 10.6 Å². The summed E-state index contributed by atoms with van der Waals surface area (Å²) in [4.78, 5) is 0. The van der Waals surface area contributed by atoms with Crippen LogP contribution in [0.1, 0.15) is 22.7 Å². The van der Waals surface area contributed by atoms with E-state index in [2.05, 4.69) is 21.4 Å². The highest BCUT2D eigenvalue weighted by molar-refractivity contribution is 9.10. The van der Waals surface area contributed by atoms with Crippen LogP contribution in [-0.4, -0.2) is 7.11 Å². The molecule has 0 aliphatic rings. The Hall–Kier alpha value is -1.43. The van der Waals surface area contributed by atoms with Gasteiger partial charge in [-0.05, 0) is 48.2 Å². The van der Waals surface area contributed by atoms with Crippen molar-refractivity contribution in [1.29, 1.82) is 0 Å². The van der Waals surface area contributed by atoms with Gasteiger partial charge >= 0.3 is 0 Å². The molecule has 3 nitrogen and oxygen atoms in total. The van der Waals surface area contributed by atoms with Gasteiger partial charge in [-0.1, -0.05) is 34.1 Å². The van der Waals surface area contributed by atoms with Gasteiger partial charge in [0.15, 0.2) is 0 Å². The number of halogens is 2. The van der Waals surface area contributed by atoms with Gasteiger partial charge in [-0.15, -0.1) is 0 Å². The molecule has 0 aliphatic heterocycles. The van der Waals surface area contributed by atoms with Crippen LogP contribution in [0.25, 0.3) is 0 Å². The first-order valence-electron chi connectivity index (χ1n) is 6.59. The minimum atomic E-state index is -0.247. The Kier molecular flexibility index (Phi) is 5.33. The second kappa shape index (κ2) is 7.02. The fraction of sp³-hybridized carbons (Fsp3) is 0.250. The lowest BCUT2D eigenvalue weighted by Crippen LogP contribution is -2.29. The summed E-state index contributed by atoms with van der Waals surface area (Å²) in [7, 11) is 1.63. The quantitative estimate of drug-likeness (QED) is 0.637. The van der Waals surface area contributed by atoms with Crippen molar-refractivity contribution < 1.29 is 9.13 Å². The van der Waals surface area contributed by atoms with Crippen molar-refractivity contribution in [2.45, 2.75) is 19.4 Å². The molecule has 0 aliphatic carbocycles. The topological polar surface area (TPSA) is 47.3 Å². The summed E-state index contributed by atoms with van der Waals surface area (Å²) in [5, 5.41) is 0. The first-order valence-corrected chi connectivity index (χ1v) is 7.39. The molecule has 2 aromatic rings. The van der Waals surface area contributed by atoms with E-state index in [0.29, 0.717) is 12.0 Å². The monoisotopic (exact) mass is 352 g/mol. The van der Waals surface area contributed by atoms with E-state index in [1.165, 1.54) is 6.07 Å². The fourth-order valence-electron chi connectivity index (χ4n) is 2.23. The minimum Gasteiger partial charge on any atom is -0.496 e. The highest BCUT2D eigenvalue weighted by Crippen LogP contribution is 2.26. The van der Waals surface area contributed by atoms with E-state index in [9.17, 15) is 4.39 Å². The van der Waals surface area contributed by atoms with Crippen molar-refractivity contribution in [3.05, 3.63) is 63.4 Å². The van der Waals surface area contributed by atoms with Crippen molar-refractivity contribution in [3.63, 3.8) is 0 Å². The van der Waals surface area contributed by atoms with Crippen LogP contribution in [-0.2, 0) is 6.42 Å². The Bertz CT molecular complexity index is 634. The molecule has 1 atom stereocenters. The molecule has 5 heteroatoms. The summed E-state index contributed by atoms with van der Waals surface area (Å²) in [6.45, 7) is 1.97. The Labute approximate surface area is 132 Å². The maximum atomic E-state index is 13.9. The van der Waals surface area contributed by atoms with Gasteiger partial charge in [-0.2, -0.15) is 0 Å². The number of nitrogens with one attached hydrogen (secondary N) is 1. The molecule has 0 radical (unpaired) electrons. The third-order valence-corrected chi connectivity index (χ3v) is 3.97. The molecule has 112 valence electrons. The van der Waals surface area contributed by atoms with Gasteiger partial charge < -0.3 is 4.74 Å². The fourth-order valence-corrected chi connectivity index (χ4v) is 2.57. The molecule has 0 saturated heterocycles. The standard InChI is InChI=1S/C16H18BrFN2O/c1-10-3-4-12(8-16(10)21-2)15(20-19)7-11-5-6-13(17)9-14(11)18/h3-6,8-9,15,20H,7,19H2,1-2H3. The Balaban J connectivity index is 2.27. The smallest absolute Gasteiger partial charge is 0.127 e. The van der Waals surface area contributed by atoms with Crippen LogP contribution < -0.4 is 16.0 Å². The number of methoxy groups -OCH3 is 1. The zero-order chi connectivity index (χ0) is 15.4. The molecular formula is C16H18BrFN2O. The molecule has 0 spiro atoms. The van der Waals surface area contributed by atoms with E-state index < -0.39 is 0 Å². The summed E-state index contributed by atoms with van der Waals surface area (Å²) < 4.78 is 20.0. The molecule has 0 aromatic heterocycles. The van der Waals surface area contributed by atoms with Crippen LogP contribution in [0.5, 0.6) is 5.75 Å². The van der Waals surface area contributed by atoms with Gasteiger partial charge in [0.1, 0.15) is 11.6 Å². The average molecular weight is 353 g/mol. The van der Waals surface area contributed by atoms with E-state index in [-0.39, 0.29) is 11.9 Å². The highest BCUT2D eigenvalue weighted by atomic mass is 79.9. The SMILES string of the molecule is COc1cc(C(Cc2ccc(Br)cc2F)NN)ccc1C. The number of benzene rings is 2. The normalized spacial score (nSPS) is 12.2. The molecule has 0 bridgehead atoms. The number of hydrogen-bond donors (Lipinski definition) is 2. The molecule has 3 N–H and O–H groups in total. The van der Waals surface area contributed by atoms with Crippen molar-refractivity contribution in [2.24, 2.45) is 5.84 Å². The van der Waals surface area contributed by atoms with Crippen LogP contribution in [0.15, 0.2) is 40.9 Å². The van der Waals surface area contributed by atoms with Gasteiger partial charge in [-0.25, -0.2) is 4.39 Å². The number of hydrogen-bond acceptors (Lipinski definition) is 3. The lowest BCUT2D eigenvalue weighted by molar-refractivity contribution is 0.409. The summed E-state index contributed by atoms with van der Waals surface area (Å²) in [5.74, 6) is 6.19. The number of nitrogens with two attached hydrogens (primary N) is 1. The Morgan fingerprint density at radius 2 is 2.05 bits per heavy atom. The summed E-state index contributed by atoms with van der Waals surface area (Å²) in [6, 6.07) is 10.7. The van der Waals surface area contributed by atoms with Crippen molar-refractivity contribution in [1.82, 2.24) is 5.43 Å². The first kappa shape index (κ1) is 15.9. The molecule has 0 heterocycles. The molecule has 0 saturated carbocycles. The largest absolute Gasteiger partial charge is 0.496 e. The average Bonchev–Trinajstić information content (AvgIpc) is 2.47. The molecule has 21 heavy (non-hydrogen) atoms. The predicted molar refractivity (Wildman–Crippen MR) is 85.6 cm³/mol. The third kappa shape index (κ3) is 3.81. The lowest BCUT2D eigenvalue weighted by Gasteiger charge is -2.18. The van der Waals surface area contributed by atoms with Crippen molar-refractivity contribution in [2.75, 3.05) is 7.11 Å². The highest BCUT2D eigenvalue weighted by Gasteiger charge is 2.15. The van der Waals surface area contributed by atoms with Crippen LogP contribution >= 0.6 is 15.9 Å². The first-order chi connectivity index (χ1) is 10.0. The lowest BCUT2D eigenvalue weighted by atomic mass is 9.98. The molecule has 2 aromatic carbocycles. The van der Waals surface area contributed by atoms with E-state index in [1.807, 2.05) is 31.2 Å². The molecule has 0 fully saturated rings. The van der Waals surface area contributed by atoms with Gasteiger partial charge in [-0.3, -0.25) is 11.3 Å². The minimum absolute atomic E-state index is 0.185. The number of rotatable bonds is 5. The summed E-state index contributed by atoms with van der Waals surface area (Å²) in [5.41, 5.74) is 5.37. The van der Waals surface area contributed by atoms with Crippen molar-refractivity contribution >= 4 is 15.9 Å². The second-order valence-corrected chi connectivity index (χ2v) is 5.80. The van der Waals surface area contributed by atoms with Crippen LogP contribution in [0.4, 0.5) is 4.39 Å². The summed E-state index contributed by atoms with van der Waals surface area (Å²) >= 11 is 3.25. The van der Waals surface area contributed by atoms with Gasteiger partial charge in [0.25, 0.3) is 0 Å². The molecule has 0 amide bonds. The Morgan fingerprint density at radius 1 is 1.29 bits per heavy atom. The molecular weight excluding hydrogens is 335 g/mol. The van der Waals surface area contributed by atoms with Crippen LogP contribution in [0, 0.1) is 12.7 Å². The van der Waals surface area contributed by atoms with Crippen LogP contribution in [0.2, 0.25) is 0 Å². The Morgan fingerprint density at radius 3 is 2.67 bits per heavy atom. The molecule has 1 unspecified atom stereocenters. The van der Waals surface area contributed by atoms with Crippen LogP contribution in [0.3, 0.4) is 0 Å². The zero-order valence-corrected chi connectivity index (χ0v) is 13.6. The van der Waals surface area contributed by atoms with Crippen molar-refractivity contribution in [3.8, 4) is 5.75 Å². The predicted octanol–water partition coefficient (Wildman–Crippen LogP) is 3.65. The van der Waals surface area contributed by atoms with Gasteiger partial charge in [0, 0.05) is 4.47 Å². The number of aryl methyl sites for hydroxylation is 1. The third-order valence-electron chi connectivity index (χ3n) is 3.47. The maximum Gasteiger partial charge on any atom is 0.127 e. The number of ether oxygens (including phenoxy) is 1.